The fourth-order valence-electron chi connectivity index (χ4n) is 2.59. The first-order valence-corrected chi connectivity index (χ1v) is 6.52. The number of benzene rings is 1. The fraction of sp³-hybridized carbons (Fsp3) is 0.600. The van der Waals surface area contributed by atoms with E-state index < -0.39 is 0 Å². The van der Waals surface area contributed by atoms with Gasteiger partial charge in [0.2, 0.25) is 0 Å². The molecule has 1 aromatic carbocycles. The highest BCUT2D eigenvalue weighted by Gasteiger charge is 2.33. The molecule has 2 unspecified atom stereocenters. The minimum Gasteiger partial charge on any atom is -0.313 e. The molecule has 0 aliphatic heterocycles. The van der Waals surface area contributed by atoms with Gasteiger partial charge in [-0.2, -0.15) is 0 Å². The first-order chi connectivity index (χ1) is 7.76. The molecule has 0 bridgehead atoms. The van der Waals surface area contributed by atoms with Gasteiger partial charge >= 0.3 is 0 Å². The lowest BCUT2D eigenvalue weighted by atomic mass is 9.90. The Hall–Kier alpha value is -0.820. The molecular weight excluding hydrogens is 194 g/mol. The summed E-state index contributed by atoms with van der Waals surface area (Å²) < 4.78 is 0. The summed E-state index contributed by atoms with van der Waals surface area (Å²) in [4.78, 5) is 0. The van der Waals surface area contributed by atoms with Crippen molar-refractivity contribution in [2.24, 2.45) is 11.8 Å². The number of hydrogen-bond acceptors (Lipinski definition) is 1. The summed E-state index contributed by atoms with van der Waals surface area (Å²) in [6.45, 7) is 4.59. The van der Waals surface area contributed by atoms with E-state index in [-0.39, 0.29) is 0 Å². The van der Waals surface area contributed by atoms with Gasteiger partial charge in [0, 0.05) is 6.04 Å². The maximum Gasteiger partial charge on any atom is 0.0346 e. The fourth-order valence-corrected chi connectivity index (χ4v) is 2.59. The molecule has 1 aliphatic rings. The van der Waals surface area contributed by atoms with Gasteiger partial charge in [0.1, 0.15) is 0 Å². The molecule has 2 atom stereocenters. The summed E-state index contributed by atoms with van der Waals surface area (Å²) in [5, 5.41) is 3.48. The smallest absolute Gasteiger partial charge is 0.0346 e. The van der Waals surface area contributed by atoms with E-state index in [1.54, 1.807) is 0 Å². The topological polar surface area (TPSA) is 12.0 Å². The Bertz CT molecular complexity index is 324. The average molecular weight is 217 g/mol. The zero-order chi connectivity index (χ0) is 11.5. The molecule has 1 N–H and O–H groups in total. The van der Waals surface area contributed by atoms with Crippen molar-refractivity contribution in [3.05, 3.63) is 35.4 Å². The molecule has 1 fully saturated rings. The summed E-state index contributed by atoms with van der Waals surface area (Å²) in [6.07, 6.45) is 3.97. The van der Waals surface area contributed by atoms with Crippen LogP contribution in [0.5, 0.6) is 0 Å². The molecule has 1 saturated carbocycles. The number of aryl methyl sites for hydroxylation is 1. The van der Waals surface area contributed by atoms with Crippen molar-refractivity contribution in [1.82, 2.24) is 5.32 Å². The van der Waals surface area contributed by atoms with Crippen molar-refractivity contribution >= 4 is 0 Å². The van der Waals surface area contributed by atoms with E-state index in [0.29, 0.717) is 6.04 Å². The molecule has 1 heteroatoms. The van der Waals surface area contributed by atoms with Gasteiger partial charge in [-0.15, -0.1) is 0 Å². The monoisotopic (exact) mass is 217 g/mol. The summed E-state index contributed by atoms with van der Waals surface area (Å²) >= 11 is 0. The van der Waals surface area contributed by atoms with Crippen LogP contribution in [0.1, 0.15) is 43.9 Å². The maximum atomic E-state index is 3.48. The second-order valence-corrected chi connectivity index (χ2v) is 5.06. The molecule has 2 rings (SSSR count). The van der Waals surface area contributed by atoms with Crippen molar-refractivity contribution in [3.8, 4) is 0 Å². The molecule has 0 amide bonds. The lowest BCUT2D eigenvalue weighted by molar-refractivity contribution is 0.369. The molecule has 0 saturated heterocycles. The van der Waals surface area contributed by atoms with Crippen molar-refractivity contribution in [2.75, 3.05) is 7.05 Å². The summed E-state index contributed by atoms with van der Waals surface area (Å²) in [5.41, 5.74) is 2.87. The van der Waals surface area contributed by atoms with Crippen LogP contribution >= 0.6 is 0 Å². The van der Waals surface area contributed by atoms with Crippen LogP contribution in [0.15, 0.2) is 24.3 Å². The quantitative estimate of drug-likeness (QED) is 0.795. The van der Waals surface area contributed by atoms with Crippen LogP contribution < -0.4 is 5.32 Å². The lowest BCUT2D eigenvalue weighted by Crippen LogP contribution is -2.24. The highest BCUT2D eigenvalue weighted by Crippen LogP contribution is 2.42. The Labute approximate surface area is 99.3 Å². The van der Waals surface area contributed by atoms with Crippen molar-refractivity contribution in [3.63, 3.8) is 0 Å². The van der Waals surface area contributed by atoms with E-state index in [9.17, 15) is 0 Å². The van der Waals surface area contributed by atoms with E-state index in [0.717, 1.165) is 18.3 Å². The van der Waals surface area contributed by atoms with E-state index in [4.69, 9.17) is 0 Å². The second-order valence-electron chi connectivity index (χ2n) is 5.06. The summed E-state index contributed by atoms with van der Waals surface area (Å²) in [5.74, 6) is 1.71. The van der Waals surface area contributed by atoms with Crippen LogP contribution in [-0.2, 0) is 6.42 Å². The normalized spacial score (nSPS) is 19.4. The predicted octanol–water partition coefficient (Wildman–Crippen LogP) is 3.56. The standard InChI is InChI=1S/C15H23N/c1-4-12-5-7-14(8-6-12)15(16-3)11(2)13-9-10-13/h5-8,11,13,15-16H,4,9-10H2,1-3H3. The van der Waals surface area contributed by atoms with Crippen LogP contribution in [0.3, 0.4) is 0 Å². The minimum atomic E-state index is 0.526. The predicted molar refractivity (Wildman–Crippen MR) is 69.5 cm³/mol. The summed E-state index contributed by atoms with van der Waals surface area (Å²) in [7, 11) is 2.08. The van der Waals surface area contributed by atoms with Crippen LogP contribution in [0, 0.1) is 11.8 Å². The minimum absolute atomic E-state index is 0.526. The number of rotatable bonds is 5. The van der Waals surface area contributed by atoms with Gasteiger partial charge in [0.05, 0.1) is 0 Å². The molecule has 88 valence electrons. The maximum absolute atomic E-state index is 3.48. The number of nitrogens with one attached hydrogen (secondary N) is 1. The van der Waals surface area contributed by atoms with E-state index >= 15 is 0 Å². The highest BCUT2D eigenvalue weighted by atomic mass is 14.9. The second kappa shape index (κ2) is 5.01. The Balaban J connectivity index is 2.12. The largest absolute Gasteiger partial charge is 0.313 e. The highest BCUT2D eigenvalue weighted by molar-refractivity contribution is 5.25. The zero-order valence-corrected chi connectivity index (χ0v) is 10.7. The molecule has 0 heterocycles. The van der Waals surface area contributed by atoms with Crippen LogP contribution in [0.25, 0.3) is 0 Å². The zero-order valence-electron chi connectivity index (χ0n) is 10.7. The van der Waals surface area contributed by atoms with E-state index in [1.807, 2.05) is 0 Å². The van der Waals surface area contributed by atoms with E-state index in [2.05, 4.69) is 50.5 Å². The third-order valence-electron chi connectivity index (χ3n) is 3.95. The van der Waals surface area contributed by atoms with Crippen molar-refractivity contribution in [1.29, 1.82) is 0 Å². The first kappa shape index (κ1) is 11.7. The molecule has 0 aromatic heterocycles. The number of hydrogen-bond donors (Lipinski definition) is 1. The van der Waals surface area contributed by atoms with Gasteiger partial charge in [-0.05, 0) is 49.3 Å². The molecular formula is C15H23N. The first-order valence-electron chi connectivity index (χ1n) is 6.52. The van der Waals surface area contributed by atoms with Crippen LogP contribution in [0.4, 0.5) is 0 Å². The average Bonchev–Trinajstić information content (AvgIpc) is 3.14. The SMILES string of the molecule is CCc1ccc(C(NC)C(C)C2CC2)cc1. The van der Waals surface area contributed by atoms with Crippen molar-refractivity contribution < 1.29 is 0 Å². The van der Waals surface area contributed by atoms with Gasteiger partial charge in [0.15, 0.2) is 0 Å². The molecule has 1 nitrogen and oxygen atoms in total. The Kier molecular flexibility index (Phi) is 3.65. The van der Waals surface area contributed by atoms with Gasteiger partial charge < -0.3 is 5.32 Å². The molecule has 0 spiro atoms. The Morgan fingerprint density at radius 1 is 1.25 bits per heavy atom. The van der Waals surface area contributed by atoms with Crippen LogP contribution in [-0.4, -0.2) is 7.05 Å². The molecule has 16 heavy (non-hydrogen) atoms. The Morgan fingerprint density at radius 2 is 1.88 bits per heavy atom. The van der Waals surface area contributed by atoms with Gasteiger partial charge in [-0.25, -0.2) is 0 Å². The van der Waals surface area contributed by atoms with Gasteiger partial charge in [-0.1, -0.05) is 38.1 Å². The third-order valence-corrected chi connectivity index (χ3v) is 3.95. The summed E-state index contributed by atoms with van der Waals surface area (Å²) in [6, 6.07) is 9.63. The third kappa shape index (κ3) is 2.46. The molecule has 1 aromatic rings. The molecule has 0 radical (unpaired) electrons. The van der Waals surface area contributed by atoms with Gasteiger partial charge in [-0.3, -0.25) is 0 Å². The van der Waals surface area contributed by atoms with Crippen LogP contribution in [0.2, 0.25) is 0 Å². The van der Waals surface area contributed by atoms with Gasteiger partial charge in [0.25, 0.3) is 0 Å². The van der Waals surface area contributed by atoms with Crippen molar-refractivity contribution in [2.45, 2.75) is 39.2 Å². The Morgan fingerprint density at radius 3 is 2.31 bits per heavy atom. The molecule has 1 aliphatic carbocycles. The lowest BCUT2D eigenvalue weighted by Gasteiger charge is -2.24. The van der Waals surface area contributed by atoms with E-state index in [1.165, 1.54) is 24.0 Å².